The van der Waals surface area contributed by atoms with E-state index in [0.717, 1.165) is 6.26 Å². The molecule has 2 aromatic carbocycles. The molecule has 1 aromatic heterocycles. The van der Waals surface area contributed by atoms with Gasteiger partial charge in [-0.15, -0.1) is 0 Å². The molecule has 0 bridgehead atoms. The molecule has 1 unspecified atom stereocenters. The number of halogens is 2. The van der Waals surface area contributed by atoms with Crippen LogP contribution < -0.4 is 15.3 Å². The van der Waals surface area contributed by atoms with Crippen LogP contribution in [0.1, 0.15) is 44.5 Å². The maximum Gasteiger partial charge on any atom is 0.348 e. The number of rotatable bonds is 7. The molecule has 1 atom stereocenters. The maximum atomic E-state index is 14.0. The van der Waals surface area contributed by atoms with E-state index < -0.39 is 28.8 Å². The third kappa shape index (κ3) is 5.86. The monoisotopic (exact) mass is 642 g/mol. The van der Waals surface area contributed by atoms with E-state index in [-0.39, 0.29) is 51.6 Å². The zero-order valence-corrected chi connectivity index (χ0v) is 25.2. The van der Waals surface area contributed by atoms with Gasteiger partial charge in [-0.1, -0.05) is 26.8 Å². The number of anilines is 2. The number of aromatic nitrogens is 1. The third-order valence-corrected chi connectivity index (χ3v) is 9.14. The van der Waals surface area contributed by atoms with Crippen molar-refractivity contribution in [3.8, 4) is 11.6 Å². The lowest BCUT2D eigenvalue weighted by atomic mass is 9.91. The van der Waals surface area contributed by atoms with Crippen LogP contribution in [0.15, 0.2) is 45.6 Å². The largest absolute Gasteiger partial charge is 0.505 e. The molecule has 4 rings (SSSR count). The molecule has 0 amide bonds. The molecule has 14 heteroatoms. The first-order chi connectivity index (χ1) is 18.0. The molecule has 0 aliphatic carbocycles. The quantitative estimate of drug-likeness (QED) is 0.258. The van der Waals surface area contributed by atoms with Gasteiger partial charge in [-0.3, -0.25) is 9.29 Å². The number of nitrogens with zero attached hydrogens (tertiary/aromatic N) is 2. The smallest absolute Gasteiger partial charge is 0.348 e. The van der Waals surface area contributed by atoms with Crippen molar-refractivity contribution in [2.45, 2.75) is 39.7 Å². The standard InChI is InChI=1S/C25H29BrFN4O6PS/c1-6-37-38(34)19-12-15(30-39(5,35)36)8-10-18(19)28-23(29-38)20-21(32)22(25(2,3)4)31(24(20)33)13-14-7-9-17(27)16(26)11-14/h7-12,30,32-33H,6,13H2,1-5H3,(H,28,29,34). The number of benzene rings is 2. The highest BCUT2D eigenvalue weighted by atomic mass is 79.9. The first-order valence-corrected chi connectivity index (χ1v) is 16.1. The molecule has 39 heavy (non-hydrogen) atoms. The van der Waals surface area contributed by atoms with Crippen molar-refractivity contribution in [2.24, 2.45) is 4.76 Å². The molecular formula is C25H29BrFN4O6PS. The van der Waals surface area contributed by atoms with Crippen LogP contribution in [0.3, 0.4) is 0 Å². The van der Waals surface area contributed by atoms with Crippen molar-refractivity contribution >= 4 is 56.0 Å². The van der Waals surface area contributed by atoms with E-state index in [1.807, 2.05) is 20.8 Å². The fourth-order valence-electron chi connectivity index (χ4n) is 4.42. The fraction of sp³-hybridized carbons (Fsp3) is 0.320. The van der Waals surface area contributed by atoms with Crippen LogP contribution in [0.25, 0.3) is 0 Å². The normalized spacial score (nSPS) is 17.4. The molecule has 1 aliphatic rings. The summed E-state index contributed by atoms with van der Waals surface area (Å²) in [6.45, 7) is 7.33. The van der Waals surface area contributed by atoms with Crippen LogP contribution in [-0.2, 0) is 31.1 Å². The predicted octanol–water partition coefficient (Wildman–Crippen LogP) is 5.25. The highest BCUT2D eigenvalue weighted by Gasteiger charge is 2.39. The van der Waals surface area contributed by atoms with Crippen molar-refractivity contribution in [1.29, 1.82) is 0 Å². The zero-order valence-electron chi connectivity index (χ0n) is 21.9. The van der Waals surface area contributed by atoms with E-state index in [4.69, 9.17) is 4.52 Å². The summed E-state index contributed by atoms with van der Waals surface area (Å²) in [5.41, 5.74) is 0.784. The first-order valence-electron chi connectivity index (χ1n) is 11.9. The summed E-state index contributed by atoms with van der Waals surface area (Å²) < 4.78 is 65.2. The predicted molar refractivity (Wildman–Crippen MR) is 154 cm³/mol. The highest BCUT2D eigenvalue weighted by Crippen LogP contribution is 2.54. The van der Waals surface area contributed by atoms with E-state index in [1.165, 1.54) is 28.8 Å². The number of nitrogens with one attached hydrogen (secondary N) is 2. The van der Waals surface area contributed by atoms with Crippen molar-refractivity contribution in [3.63, 3.8) is 0 Å². The molecule has 1 aliphatic heterocycles. The number of hydrogen-bond acceptors (Lipinski definition) is 7. The van der Waals surface area contributed by atoms with Gasteiger partial charge in [-0.25, -0.2) is 12.8 Å². The molecule has 10 nitrogen and oxygen atoms in total. The lowest BCUT2D eigenvalue weighted by molar-refractivity contribution is 0.341. The molecule has 0 saturated carbocycles. The van der Waals surface area contributed by atoms with Crippen LogP contribution in [0, 0.1) is 5.82 Å². The second-order valence-electron chi connectivity index (χ2n) is 10.1. The Labute approximate surface area is 234 Å². The Morgan fingerprint density at radius 2 is 1.90 bits per heavy atom. The molecular weight excluding hydrogens is 614 g/mol. The molecule has 4 N–H and O–H groups in total. The van der Waals surface area contributed by atoms with Crippen LogP contribution in [0.4, 0.5) is 15.8 Å². The number of sulfonamides is 1. The number of aromatic hydroxyl groups is 2. The van der Waals surface area contributed by atoms with Gasteiger partial charge in [0.1, 0.15) is 11.4 Å². The molecule has 2 heterocycles. The molecule has 0 radical (unpaired) electrons. The third-order valence-electron chi connectivity index (χ3n) is 5.88. The minimum absolute atomic E-state index is 0.0306. The van der Waals surface area contributed by atoms with Crippen LogP contribution in [-0.4, -0.2) is 41.9 Å². The Bertz CT molecular complexity index is 1650. The van der Waals surface area contributed by atoms with E-state index in [1.54, 1.807) is 19.1 Å². The molecule has 0 spiro atoms. The Balaban J connectivity index is 1.88. The minimum Gasteiger partial charge on any atom is -0.505 e. The Hall–Kier alpha value is -2.86. The second kappa shape index (κ2) is 10.3. The summed E-state index contributed by atoms with van der Waals surface area (Å²) in [5, 5.41) is 25.9. The van der Waals surface area contributed by atoms with Crippen molar-refractivity contribution in [1.82, 2.24) is 4.57 Å². The van der Waals surface area contributed by atoms with Gasteiger partial charge in [0.25, 0.3) is 0 Å². The van der Waals surface area contributed by atoms with Crippen LogP contribution in [0.5, 0.6) is 11.6 Å². The van der Waals surface area contributed by atoms with E-state index in [2.05, 4.69) is 30.7 Å². The van der Waals surface area contributed by atoms with E-state index >= 15 is 0 Å². The van der Waals surface area contributed by atoms with E-state index in [0.29, 0.717) is 16.9 Å². The van der Waals surface area contributed by atoms with Gasteiger partial charge in [0.2, 0.25) is 15.9 Å². The van der Waals surface area contributed by atoms with Crippen molar-refractivity contribution in [3.05, 3.63) is 63.5 Å². The number of fused-ring (bicyclic) bond motifs is 1. The number of amidine groups is 1. The molecule has 0 fully saturated rings. The lowest BCUT2D eigenvalue weighted by Gasteiger charge is -2.25. The second-order valence-corrected chi connectivity index (χ2v) is 14.7. The Kier molecular flexibility index (Phi) is 7.67. The van der Waals surface area contributed by atoms with Gasteiger partial charge in [-0.05, 0) is 58.7 Å². The van der Waals surface area contributed by atoms with Crippen LogP contribution in [0.2, 0.25) is 0 Å². The summed E-state index contributed by atoms with van der Waals surface area (Å²) in [5.74, 6) is -1.13. The van der Waals surface area contributed by atoms with E-state index in [9.17, 15) is 27.6 Å². The van der Waals surface area contributed by atoms with Crippen molar-refractivity contribution < 1.29 is 32.1 Å². The number of hydrogen-bond donors (Lipinski definition) is 4. The summed E-state index contributed by atoms with van der Waals surface area (Å²) in [7, 11) is -7.57. The minimum atomic E-state index is -3.97. The Morgan fingerprint density at radius 3 is 2.49 bits per heavy atom. The van der Waals surface area contributed by atoms with Crippen molar-refractivity contribution in [2.75, 3.05) is 22.9 Å². The molecule has 210 valence electrons. The SMILES string of the molecule is CCOP1(=O)N=C(c2c(O)c(C(C)(C)C)n(Cc3ccc(F)c(Br)c3)c2O)Nc2ccc(NS(C)(=O)=O)cc21. The summed E-state index contributed by atoms with van der Waals surface area (Å²) in [6, 6.07) is 8.81. The highest BCUT2D eigenvalue weighted by molar-refractivity contribution is 9.10. The first kappa shape index (κ1) is 29.1. The van der Waals surface area contributed by atoms with Crippen LogP contribution >= 0.6 is 23.4 Å². The van der Waals surface area contributed by atoms with Gasteiger partial charge in [0.15, 0.2) is 11.6 Å². The topological polar surface area (TPSA) is 142 Å². The lowest BCUT2D eigenvalue weighted by Crippen LogP contribution is -2.26. The van der Waals surface area contributed by atoms with Gasteiger partial charge in [0, 0.05) is 11.1 Å². The average Bonchev–Trinajstić information content (AvgIpc) is 3.05. The average molecular weight is 643 g/mol. The summed E-state index contributed by atoms with van der Waals surface area (Å²) in [4.78, 5) is 0. The van der Waals surface area contributed by atoms with Gasteiger partial charge >= 0.3 is 7.52 Å². The maximum absolute atomic E-state index is 14.0. The summed E-state index contributed by atoms with van der Waals surface area (Å²) >= 11 is 3.17. The molecule has 0 saturated heterocycles. The van der Waals surface area contributed by atoms with Gasteiger partial charge < -0.3 is 24.6 Å². The fourth-order valence-corrected chi connectivity index (χ4v) is 7.20. The van der Waals surface area contributed by atoms with Gasteiger partial charge in [0.05, 0.1) is 40.6 Å². The summed E-state index contributed by atoms with van der Waals surface area (Å²) in [6.07, 6.45) is 0.997. The van der Waals surface area contributed by atoms with Gasteiger partial charge in [-0.2, -0.15) is 4.76 Å². The molecule has 3 aromatic rings. The Morgan fingerprint density at radius 1 is 1.21 bits per heavy atom. The zero-order chi connectivity index (χ0) is 28.9.